The summed E-state index contributed by atoms with van der Waals surface area (Å²) in [7, 11) is 3.18. The third kappa shape index (κ3) is 4.80. The number of benzene rings is 2. The number of ether oxygens (including phenoxy) is 2. The van der Waals surface area contributed by atoms with Crippen LogP contribution in [-0.2, 0) is 0 Å². The number of rotatable bonds is 7. The maximum atomic E-state index is 6.71. The summed E-state index contributed by atoms with van der Waals surface area (Å²) in [6.07, 6.45) is 5.85. The molecule has 0 saturated carbocycles. The number of fused-ring (bicyclic) bond motifs is 3. The molecule has 9 nitrogen and oxygen atoms in total. The fourth-order valence-corrected chi connectivity index (χ4v) is 5.95. The maximum Gasteiger partial charge on any atom is 0.229 e. The van der Waals surface area contributed by atoms with Gasteiger partial charge in [0.25, 0.3) is 0 Å². The smallest absolute Gasteiger partial charge is 0.229 e. The Bertz CT molecular complexity index is 1700. The highest BCUT2D eigenvalue weighted by atomic mass is 35.5. The molecule has 1 fully saturated rings. The number of nitrogens with zero attached hydrogens (tertiary/aromatic N) is 6. The molecule has 0 atom stereocenters. The van der Waals surface area contributed by atoms with Crippen LogP contribution in [0.25, 0.3) is 27.8 Å². The van der Waals surface area contributed by atoms with Crippen molar-refractivity contribution in [2.24, 2.45) is 0 Å². The Labute approximate surface area is 238 Å². The van der Waals surface area contributed by atoms with Crippen molar-refractivity contribution in [1.29, 1.82) is 0 Å². The molecule has 0 amide bonds. The zero-order chi connectivity index (χ0) is 27.8. The standard InChI is InChI=1S/C30H32ClN7O2/c1-5-37-10-8-19(9-11-37)23-7-6-21(12-18(23)2)34-30-32-16-20-13-25(29-36-33-17-38(29)28(20)35-30)24-14-22(39-3)15-26(40-4)27(24)31/h6-7,12-17,19H,5,8-11H2,1-4H3,(H,32,34,35). The SMILES string of the molecule is CCN1CCC(c2ccc(Nc3ncc4cc(-c5cc(OC)cc(OC)c5Cl)c5nncn5c4n3)cc2C)CC1. The molecule has 40 heavy (non-hydrogen) atoms. The second kappa shape index (κ2) is 10.9. The number of aromatic nitrogens is 5. The molecule has 6 rings (SSSR count). The Morgan fingerprint density at radius 2 is 1.85 bits per heavy atom. The van der Waals surface area contributed by atoms with Gasteiger partial charge in [0.2, 0.25) is 5.95 Å². The molecule has 0 spiro atoms. The Hall–Kier alpha value is -3.95. The van der Waals surface area contributed by atoms with Crippen LogP contribution in [0.1, 0.15) is 36.8 Å². The van der Waals surface area contributed by atoms with Gasteiger partial charge in [0.05, 0.1) is 19.2 Å². The van der Waals surface area contributed by atoms with Gasteiger partial charge in [0.1, 0.15) is 17.8 Å². The van der Waals surface area contributed by atoms with Crippen LogP contribution in [0.3, 0.4) is 0 Å². The molecular formula is C30H32ClN7O2. The first-order chi connectivity index (χ1) is 19.5. The van der Waals surface area contributed by atoms with Crippen molar-refractivity contribution in [1.82, 2.24) is 29.5 Å². The van der Waals surface area contributed by atoms with Crippen molar-refractivity contribution in [3.05, 3.63) is 65.1 Å². The van der Waals surface area contributed by atoms with E-state index >= 15 is 0 Å². The lowest BCUT2D eigenvalue weighted by Crippen LogP contribution is -2.32. The van der Waals surface area contributed by atoms with Crippen LogP contribution in [0.4, 0.5) is 11.6 Å². The van der Waals surface area contributed by atoms with Crippen LogP contribution in [0.5, 0.6) is 11.5 Å². The number of halogens is 1. The van der Waals surface area contributed by atoms with E-state index in [0.717, 1.165) is 28.7 Å². The number of likely N-dealkylation sites (tertiary alicyclic amines) is 1. The Kier molecular flexibility index (Phi) is 7.16. The van der Waals surface area contributed by atoms with Gasteiger partial charge < -0.3 is 19.7 Å². The van der Waals surface area contributed by atoms with Crippen LogP contribution < -0.4 is 14.8 Å². The lowest BCUT2D eigenvalue weighted by molar-refractivity contribution is 0.222. The fraction of sp³-hybridized carbons (Fsp3) is 0.333. The van der Waals surface area contributed by atoms with Crippen molar-refractivity contribution in [3.8, 4) is 22.6 Å². The zero-order valence-corrected chi connectivity index (χ0v) is 23.9. The molecule has 1 aliphatic rings. The Balaban J connectivity index is 1.32. The lowest BCUT2D eigenvalue weighted by atomic mass is 9.86. The van der Waals surface area contributed by atoms with Gasteiger partial charge in [0, 0.05) is 34.5 Å². The number of piperidine rings is 1. The molecule has 1 N–H and O–H groups in total. The van der Waals surface area contributed by atoms with Crippen LogP contribution in [0, 0.1) is 6.92 Å². The minimum Gasteiger partial charge on any atom is -0.497 e. The third-order valence-electron chi connectivity index (χ3n) is 7.87. The van der Waals surface area contributed by atoms with Crippen molar-refractivity contribution in [2.45, 2.75) is 32.6 Å². The molecule has 0 bridgehead atoms. The maximum absolute atomic E-state index is 6.71. The monoisotopic (exact) mass is 557 g/mol. The van der Waals surface area contributed by atoms with E-state index in [-0.39, 0.29) is 0 Å². The molecule has 0 unspecified atom stereocenters. The van der Waals surface area contributed by atoms with Gasteiger partial charge in [-0.15, -0.1) is 10.2 Å². The van der Waals surface area contributed by atoms with Crippen LogP contribution in [-0.4, -0.2) is 63.3 Å². The summed E-state index contributed by atoms with van der Waals surface area (Å²) >= 11 is 6.71. The number of nitrogens with one attached hydrogen (secondary N) is 1. The Morgan fingerprint density at radius 1 is 1.02 bits per heavy atom. The van der Waals surface area contributed by atoms with Gasteiger partial charge in [-0.05, 0) is 80.7 Å². The second-order valence-electron chi connectivity index (χ2n) is 10.2. The van der Waals surface area contributed by atoms with E-state index in [1.165, 1.54) is 37.1 Å². The van der Waals surface area contributed by atoms with Gasteiger partial charge in [-0.3, -0.25) is 4.40 Å². The zero-order valence-electron chi connectivity index (χ0n) is 23.1. The quantitative estimate of drug-likeness (QED) is 0.251. The van der Waals surface area contributed by atoms with Crippen LogP contribution >= 0.6 is 11.6 Å². The van der Waals surface area contributed by atoms with Crippen LogP contribution in [0.15, 0.2) is 48.9 Å². The minimum atomic E-state index is 0.460. The van der Waals surface area contributed by atoms with Crippen molar-refractivity contribution >= 4 is 39.9 Å². The van der Waals surface area contributed by atoms with Crippen molar-refractivity contribution < 1.29 is 9.47 Å². The summed E-state index contributed by atoms with van der Waals surface area (Å²) in [5, 5.41) is 13.2. The normalized spacial score (nSPS) is 14.6. The van der Waals surface area contributed by atoms with Gasteiger partial charge >= 0.3 is 0 Å². The highest BCUT2D eigenvalue weighted by molar-refractivity contribution is 6.35. The lowest BCUT2D eigenvalue weighted by Gasteiger charge is -2.32. The predicted octanol–water partition coefficient (Wildman–Crippen LogP) is 6.26. The number of aryl methyl sites for hydroxylation is 1. The number of pyridine rings is 1. The molecule has 4 heterocycles. The van der Waals surface area contributed by atoms with E-state index in [1.54, 1.807) is 32.8 Å². The van der Waals surface area contributed by atoms with Gasteiger partial charge in [0.15, 0.2) is 11.3 Å². The first kappa shape index (κ1) is 26.3. The van der Waals surface area contributed by atoms with Crippen molar-refractivity contribution in [2.75, 3.05) is 39.2 Å². The highest BCUT2D eigenvalue weighted by Gasteiger charge is 2.22. The summed E-state index contributed by atoms with van der Waals surface area (Å²) < 4.78 is 12.8. The average Bonchev–Trinajstić information content (AvgIpc) is 3.48. The fourth-order valence-electron chi connectivity index (χ4n) is 5.66. The van der Waals surface area contributed by atoms with E-state index in [1.807, 2.05) is 16.5 Å². The van der Waals surface area contributed by atoms with E-state index in [9.17, 15) is 0 Å². The predicted molar refractivity (Wildman–Crippen MR) is 158 cm³/mol. The van der Waals surface area contributed by atoms with Crippen LogP contribution in [0.2, 0.25) is 5.02 Å². The van der Waals surface area contributed by atoms with Gasteiger partial charge in [-0.2, -0.15) is 4.98 Å². The molecule has 206 valence electrons. The average molecular weight is 558 g/mol. The second-order valence-corrected chi connectivity index (χ2v) is 10.5. The molecule has 5 aromatic rings. The number of anilines is 2. The summed E-state index contributed by atoms with van der Waals surface area (Å²) in [5.74, 6) is 2.25. The van der Waals surface area contributed by atoms with E-state index in [0.29, 0.717) is 39.7 Å². The molecule has 1 saturated heterocycles. The molecule has 10 heteroatoms. The summed E-state index contributed by atoms with van der Waals surface area (Å²) in [5.41, 5.74) is 6.47. The third-order valence-corrected chi connectivity index (χ3v) is 8.26. The topological polar surface area (TPSA) is 89.7 Å². The number of methoxy groups -OCH3 is 2. The molecular weight excluding hydrogens is 526 g/mol. The Morgan fingerprint density at radius 3 is 2.58 bits per heavy atom. The van der Waals surface area contributed by atoms with E-state index < -0.39 is 0 Å². The molecule has 2 aromatic carbocycles. The first-order valence-electron chi connectivity index (χ1n) is 13.5. The van der Waals surface area contributed by atoms with E-state index in [4.69, 9.17) is 26.1 Å². The molecule has 1 aliphatic heterocycles. The highest BCUT2D eigenvalue weighted by Crippen LogP contribution is 2.41. The first-order valence-corrected chi connectivity index (χ1v) is 13.9. The molecule has 0 radical (unpaired) electrons. The number of hydrogen-bond donors (Lipinski definition) is 1. The van der Waals surface area contributed by atoms with Gasteiger partial charge in [-0.1, -0.05) is 24.6 Å². The summed E-state index contributed by atoms with van der Waals surface area (Å²) in [6, 6.07) is 12.1. The number of hydrogen-bond acceptors (Lipinski definition) is 8. The summed E-state index contributed by atoms with van der Waals surface area (Å²) in [4.78, 5) is 12.0. The van der Waals surface area contributed by atoms with Crippen molar-refractivity contribution in [3.63, 3.8) is 0 Å². The summed E-state index contributed by atoms with van der Waals surface area (Å²) in [6.45, 7) is 7.90. The molecule has 0 aliphatic carbocycles. The van der Waals surface area contributed by atoms with Gasteiger partial charge in [-0.25, -0.2) is 4.98 Å². The molecule has 3 aromatic heterocycles. The largest absolute Gasteiger partial charge is 0.497 e. The minimum absolute atomic E-state index is 0.460. The van der Waals surface area contributed by atoms with E-state index in [2.05, 4.69) is 57.4 Å².